The molecule has 6 aromatic rings. The molecule has 1 aliphatic rings. The summed E-state index contributed by atoms with van der Waals surface area (Å²) in [5.74, 6) is -0.465. The number of thiazole rings is 1. The molecule has 4 amide bonds. The molecule has 7 rings (SSSR count). The minimum Gasteiger partial charge on any atom is -0.490 e. The van der Waals surface area contributed by atoms with Crippen LogP contribution in [-0.2, 0) is 51.7 Å². The van der Waals surface area contributed by atoms with E-state index in [1.54, 1.807) is 53.6 Å². The van der Waals surface area contributed by atoms with E-state index in [4.69, 9.17) is 32.8 Å². The van der Waals surface area contributed by atoms with Crippen LogP contribution in [0.3, 0.4) is 0 Å². The molecule has 5 heterocycles. The molecule has 22 heteroatoms. The van der Waals surface area contributed by atoms with E-state index >= 15 is 0 Å². The van der Waals surface area contributed by atoms with Crippen molar-refractivity contribution in [2.45, 2.75) is 65.6 Å². The van der Waals surface area contributed by atoms with Gasteiger partial charge in [-0.3, -0.25) is 24.0 Å². The third kappa shape index (κ3) is 16.5. The molecule has 21 nitrogen and oxygen atoms in total. The lowest BCUT2D eigenvalue weighted by Crippen LogP contribution is -2.57. The third-order valence-electron chi connectivity index (χ3n) is 11.9. The van der Waals surface area contributed by atoms with Gasteiger partial charge in [-0.25, -0.2) is 19.6 Å². The minimum atomic E-state index is -0.815. The van der Waals surface area contributed by atoms with Crippen LogP contribution in [0.1, 0.15) is 61.8 Å². The van der Waals surface area contributed by atoms with Crippen LogP contribution in [0.4, 0.5) is 5.69 Å². The van der Waals surface area contributed by atoms with Gasteiger partial charge in [0.1, 0.15) is 41.3 Å². The Labute approximate surface area is 438 Å². The van der Waals surface area contributed by atoms with Gasteiger partial charge in [0.05, 0.1) is 88.3 Å². The molecule has 0 aliphatic carbocycles. The first-order valence-corrected chi connectivity index (χ1v) is 25.7. The number of hydrogen-bond acceptors (Lipinski definition) is 17. The average molecular weight is 1050 g/mol. The normalized spacial score (nSPS) is 14.0. The fourth-order valence-corrected chi connectivity index (χ4v) is 8.71. The average Bonchev–Trinajstić information content (AvgIpc) is 4.18. The number of benzene rings is 2. The summed E-state index contributed by atoms with van der Waals surface area (Å²) in [6.07, 6.45) is 2.79. The van der Waals surface area contributed by atoms with Crippen LogP contribution >= 0.6 is 11.3 Å². The van der Waals surface area contributed by atoms with Crippen molar-refractivity contribution in [1.29, 1.82) is 0 Å². The molecule has 0 saturated carbocycles. The summed E-state index contributed by atoms with van der Waals surface area (Å²) >= 11 is 1.59. The predicted molar refractivity (Wildman–Crippen MR) is 279 cm³/mol. The van der Waals surface area contributed by atoms with Gasteiger partial charge in [0, 0.05) is 38.3 Å². The highest BCUT2D eigenvalue weighted by Crippen LogP contribution is 2.29. The zero-order valence-electron chi connectivity index (χ0n) is 43.0. The Hall–Kier alpha value is -6.95. The van der Waals surface area contributed by atoms with E-state index in [0.717, 1.165) is 21.7 Å². The second kappa shape index (κ2) is 27.5. The molecule has 0 bridgehead atoms. The van der Waals surface area contributed by atoms with Gasteiger partial charge in [-0.2, -0.15) is 5.10 Å². The number of anilines is 1. The highest BCUT2D eigenvalue weighted by Gasteiger charge is 2.41. The monoisotopic (exact) mass is 1050 g/mol. The lowest BCUT2D eigenvalue weighted by Gasteiger charge is -2.35. The zero-order valence-corrected chi connectivity index (χ0v) is 43.8. The summed E-state index contributed by atoms with van der Waals surface area (Å²) in [7, 11) is 1.54. The lowest BCUT2D eigenvalue weighted by molar-refractivity contribution is -0.144. The quantitative estimate of drug-likeness (QED) is 0.0524. The number of ether oxygens (including phenoxy) is 6. The number of oxazole rings is 1. The van der Waals surface area contributed by atoms with Gasteiger partial charge in [-0.05, 0) is 72.7 Å². The molecule has 0 radical (unpaired) electrons. The van der Waals surface area contributed by atoms with Crippen molar-refractivity contribution in [3.63, 3.8) is 0 Å². The number of aromatic nitrogens is 5. The number of carbonyl (C=O) groups excluding carboxylic acids is 4. The largest absolute Gasteiger partial charge is 0.490 e. The van der Waals surface area contributed by atoms with E-state index in [0.29, 0.717) is 114 Å². The summed E-state index contributed by atoms with van der Waals surface area (Å²) < 4.78 is 40.5. The van der Waals surface area contributed by atoms with Crippen molar-refractivity contribution < 1.29 is 52.0 Å². The SMILES string of the molecule is Cc1ncsc1-c1ccc(CNC(=O)[C@@H]2CCCN2C(=O)C(NC(=O)CCOCCOCCOCCOCCOCCOc2ccc(C(=O)Nc3ccc4oc(-c5ccc(=O)n(C)n5)nc4c3)nc2)C(C)(C)C)cc1. The van der Waals surface area contributed by atoms with E-state index in [9.17, 15) is 24.0 Å². The smallest absolute Gasteiger partial charge is 0.274 e. The van der Waals surface area contributed by atoms with E-state index in [-0.39, 0.29) is 54.5 Å². The van der Waals surface area contributed by atoms with Crippen LogP contribution in [0.25, 0.3) is 33.1 Å². The summed E-state index contributed by atoms with van der Waals surface area (Å²) in [6.45, 7) is 12.1. The summed E-state index contributed by atoms with van der Waals surface area (Å²) in [6, 6.07) is 17.8. The number of nitrogens with zero attached hydrogens (tertiary/aromatic N) is 6. The second-order valence-corrected chi connectivity index (χ2v) is 19.5. The number of nitrogens with one attached hydrogen (secondary N) is 3. The highest BCUT2D eigenvalue weighted by molar-refractivity contribution is 7.13. The van der Waals surface area contributed by atoms with Crippen LogP contribution in [0, 0.1) is 12.3 Å². The number of carbonyl (C=O) groups is 4. The van der Waals surface area contributed by atoms with E-state index in [1.807, 2.05) is 57.5 Å². The van der Waals surface area contributed by atoms with Crippen LogP contribution in [0.5, 0.6) is 5.75 Å². The van der Waals surface area contributed by atoms with Crippen molar-refractivity contribution >= 4 is 51.8 Å². The van der Waals surface area contributed by atoms with Gasteiger partial charge in [0.25, 0.3) is 11.5 Å². The molecule has 3 N–H and O–H groups in total. The topological polar surface area (TPSA) is 250 Å². The predicted octanol–water partition coefficient (Wildman–Crippen LogP) is 5.36. The van der Waals surface area contributed by atoms with E-state index in [2.05, 4.69) is 36.0 Å². The minimum absolute atomic E-state index is 0.0688. The molecule has 1 saturated heterocycles. The van der Waals surface area contributed by atoms with Crippen molar-refractivity contribution in [2.75, 3.05) is 84.5 Å². The fourth-order valence-electron chi connectivity index (χ4n) is 7.90. The fraction of sp³-hybridized carbons (Fsp3) is 0.453. The number of rotatable bonds is 28. The number of pyridine rings is 1. The Morgan fingerprint density at radius 1 is 0.827 bits per heavy atom. The van der Waals surface area contributed by atoms with Gasteiger partial charge in [0.15, 0.2) is 5.58 Å². The number of fused-ring (bicyclic) bond motifs is 1. The Kier molecular flexibility index (Phi) is 20.5. The molecule has 2 atom stereocenters. The molecule has 75 heavy (non-hydrogen) atoms. The van der Waals surface area contributed by atoms with Crippen molar-refractivity contribution in [1.82, 2.24) is 40.3 Å². The molecule has 2 aromatic carbocycles. The summed E-state index contributed by atoms with van der Waals surface area (Å²) in [4.78, 5) is 80.5. The first-order valence-electron chi connectivity index (χ1n) is 24.8. The zero-order chi connectivity index (χ0) is 53.2. The van der Waals surface area contributed by atoms with Gasteiger partial charge < -0.3 is 53.7 Å². The van der Waals surface area contributed by atoms with Crippen LogP contribution in [0.2, 0.25) is 0 Å². The van der Waals surface area contributed by atoms with E-state index < -0.39 is 23.4 Å². The molecule has 1 aliphatic heterocycles. The molecular formula is C53H65N9O12S. The summed E-state index contributed by atoms with van der Waals surface area (Å²) in [5, 5.41) is 12.9. The van der Waals surface area contributed by atoms with Crippen LogP contribution < -0.4 is 26.2 Å². The van der Waals surface area contributed by atoms with Crippen molar-refractivity contribution in [3.8, 4) is 27.8 Å². The van der Waals surface area contributed by atoms with Crippen molar-refractivity contribution in [2.24, 2.45) is 12.5 Å². The maximum absolute atomic E-state index is 13.9. The Bertz CT molecular complexity index is 2880. The third-order valence-corrected chi connectivity index (χ3v) is 12.9. The molecule has 1 fully saturated rings. The van der Waals surface area contributed by atoms with Gasteiger partial charge in [0.2, 0.25) is 23.6 Å². The first-order chi connectivity index (χ1) is 36.2. The Morgan fingerprint density at radius 2 is 1.51 bits per heavy atom. The van der Waals surface area contributed by atoms with Crippen LogP contribution in [-0.4, -0.2) is 145 Å². The van der Waals surface area contributed by atoms with Crippen LogP contribution in [0.15, 0.2) is 87.6 Å². The standard InChI is InChI=1S/C53H65N9O12S/c1-35-47(75-34-56-35)37-10-8-36(9-11-37)32-55-50(66)43-7-6-19-62(43)52(67)48(53(2,3)4)59-45(63)18-20-68-21-22-69-23-24-70-25-26-71-27-28-72-29-30-73-39-13-14-40(54-33-39)49(65)57-38-12-16-44-42(31-38)58-51(74-44)41-15-17-46(64)61(5)60-41/h8-17,31,33-34,43,48H,6-7,18-30,32H2,1-5H3,(H,55,66)(H,57,65)(H,59,63)/t43-,48?/m0/s1. The Morgan fingerprint density at radius 3 is 2.13 bits per heavy atom. The number of amides is 4. The molecule has 400 valence electrons. The van der Waals surface area contributed by atoms with Gasteiger partial charge in [-0.1, -0.05) is 45.0 Å². The Balaban J connectivity index is 0.666. The number of likely N-dealkylation sites (tertiary alicyclic amines) is 1. The maximum atomic E-state index is 13.9. The number of hydrogen-bond donors (Lipinski definition) is 3. The molecular weight excluding hydrogens is 987 g/mol. The van der Waals surface area contributed by atoms with E-state index in [1.165, 1.54) is 23.0 Å². The second-order valence-electron chi connectivity index (χ2n) is 18.6. The van der Waals surface area contributed by atoms with Crippen molar-refractivity contribution in [3.05, 3.63) is 106 Å². The molecule has 1 unspecified atom stereocenters. The van der Waals surface area contributed by atoms with Gasteiger partial charge >= 0.3 is 0 Å². The first kappa shape index (κ1) is 55.8. The summed E-state index contributed by atoms with van der Waals surface area (Å²) in [5.41, 5.74) is 6.11. The maximum Gasteiger partial charge on any atom is 0.274 e. The van der Waals surface area contributed by atoms with Gasteiger partial charge in [-0.15, -0.1) is 11.3 Å². The number of aryl methyl sites for hydroxylation is 2. The molecule has 4 aromatic heterocycles. The lowest BCUT2D eigenvalue weighted by atomic mass is 9.85. The molecule has 0 spiro atoms. The highest BCUT2D eigenvalue weighted by atomic mass is 32.1.